The van der Waals surface area contributed by atoms with Gasteiger partial charge in [-0.1, -0.05) is 0 Å². The van der Waals surface area contributed by atoms with Crippen molar-refractivity contribution in [3.63, 3.8) is 0 Å². The summed E-state index contributed by atoms with van der Waals surface area (Å²) in [4.78, 5) is 0. The predicted molar refractivity (Wildman–Crippen MR) is 120 cm³/mol. The molecule has 2 aliphatic rings. The third-order valence-corrected chi connectivity index (χ3v) is 7.06. The SMILES string of the molecule is CC12CC(CCOc3ccc(C(F)(F)F)cc3)C(O1)c1c2c(O)n(-c2ccc(C#N)c(C(F)(F)F)c2)c1O. The van der Waals surface area contributed by atoms with Crippen molar-refractivity contribution < 1.29 is 46.0 Å². The van der Waals surface area contributed by atoms with Crippen molar-refractivity contribution in [3.8, 4) is 29.3 Å². The molecule has 2 N–H and O–H groups in total. The van der Waals surface area contributed by atoms with Crippen molar-refractivity contribution in [2.45, 2.75) is 43.8 Å². The Morgan fingerprint density at radius 3 is 2.34 bits per heavy atom. The number of aromatic hydroxyl groups is 2. The molecule has 200 valence electrons. The Morgan fingerprint density at radius 2 is 1.74 bits per heavy atom. The third-order valence-electron chi connectivity index (χ3n) is 7.06. The van der Waals surface area contributed by atoms with Crippen molar-refractivity contribution in [2.75, 3.05) is 6.61 Å². The number of hydrogen-bond acceptors (Lipinski definition) is 5. The standard InChI is InChI=1S/C26H20F6N2O4/c1-24-11-13(8-9-37-17-6-3-15(4-7-17)25(27,28)29)21(38-24)19-20(24)23(36)34(22(19)35)16-5-2-14(12-33)18(10-16)26(30,31)32/h2-7,10,13,21,35-36H,8-9,11H2,1H3. The van der Waals surface area contributed by atoms with Gasteiger partial charge in [0.1, 0.15) is 5.75 Å². The van der Waals surface area contributed by atoms with Crippen LogP contribution in [0.25, 0.3) is 5.69 Å². The number of fused-ring (bicyclic) bond motifs is 5. The number of benzene rings is 2. The van der Waals surface area contributed by atoms with Crippen LogP contribution >= 0.6 is 0 Å². The van der Waals surface area contributed by atoms with Gasteiger partial charge in [-0.2, -0.15) is 31.6 Å². The van der Waals surface area contributed by atoms with Gasteiger partial charge < -0.3 is 19.7 Å². The molecule has 2 aromatic carbocycles. The number of halogens is 6. The van der Waals surface area contributed by atoms with Crippen LogP contribution in [0.1, 0.15) is 53.7 Å². The first-order chi connectivity index (χ1) is 17.7. The van der Waals surface area contributed by atoms with E-state index < -0.39 is 52.5 Å². The van der Waals surface area contributed by atoms with Gasteiger partial charge in [0.05, 0.1) is 57.9 Å². The molecule has 3 atom stereocenters. The average Bonchev–Trinajstić information content (AvgIpc) is 3.43. The minimum atomic E-state index is -4.82. The molecule has 3 aromatic rings. The lowest BCUT2D eigenvalue weighted by atomic mass is 9.78. The zero-order chi connectivity index (χ0) is 27.6. The van der Waals surface area contributed by atoms with Gasteiger partial charge in [-0.05, 0) is 68.1 Å². The molecule has 6 nitrogen and oxygen atoms in total. The van der Waals surface area contributed by atoms with Crippen LogP contribution in [0.2, 0.25) is 0 Å². The first-order valence-corrected chi connectivity index (χ1v) is 11.5. The lowest BCUT2D eigenvalue weighted by molar-refractivity contribution is -0.138. The van der Waals surface area contributed by atoms with Gasteiger partial charge in [0, 0.05) is 0 Å². The number of ether oxygens (including phenoxy) is 2. The molecule has 0 aliphatic carbocycles. The minimum absolute atomic E-state index is 0.138. The predicted octanol–water partition coefficient (Wildman–Crippen LogP) is 6.57. The van der Waals surface area contributed by atoms with Gasteiger partial charge in [0.15, 0.2) is 0 Å². The molecule has 3 heterocycles. The minimum Gasteiger partial charge on any atom is -0.494 e. The number of hydrogen-bond donors (Lipinski definition) is 2. The summed E-state index contributed by atoms with van der Waals surface area (Å²) >= 11 is 0. The summed E-state index contributed by atoms with van der Waals surface area (Å²) in [6.45, 7) is 1.84. The molecule has 0 saturated carbocycles. The van der Waals surface area contributed by atoms with E-state index in [2.05, 4.69) is 0 Å². The van der Waals surface area contributed by atoms with Gasteiger partial charge in [0.2, 0.25) is 11.8 Å². The Hall–Kier alpha value is -3.85. The van der Waals surface area contributed by atoms with Crippen LogP contribution in [0.3, 0.4) is 0 Å². The van der Waals surface area contributed by atoms with E-state index in [1.54, 1.807) is 6.92 Å². The smallest absolute Gasteiger partial charge is 0.417 e. The molecule has 2 aliphatic heterocycles. The Labute approximate surface area is 212 Å². The summed E-state index contributed by atoms with van der Waals surface area (Å²) in [6.07, 6.45) is -9.14. The van der Waals surface area contributed by atoms with Crippen LogP contribution in [0.15, 0.2) is 42.5 Å². The Morgan fingerprint density at radius 1 is 1.05 bits per heavy atom. The highest BCUT2D eigenvalue weighted by atomic mass is 19.4. The van der Waals surface area contributed by atoms with E-state index in [1.165, 1.54) is 24.3 Å². The van der Waals surface area contributed by atoms with E-state index in [0.29, 0.717) is 18.9 Å². The van der Waals surface area contributed by atoms with Crippen LogP contribution in [0, 0.1) is 17.2 Å². The Kier molecular flexibility index (Phi) is 5.83. The largest absolute Gasteiger partial charge is 0.494 e. The van der Waals surface area contributed by atoms with Crippen molar-refractivity contribution in [3.05, 3.63) is 70.3 Å². The first kappa shape index (κ1) is 25.8. The molecule has 0 amide bonds. The van der Waals surface area contributed by atoms with E-state index in [9.17, 15) is 36.6 Å². The van der Waals surface area contributed by atoms with Crippen molar-refractivity contribution in [2.24, 2.45) is 5.92 Å². The highest BCUT2D eigenvalue weighted by molar-refractivity contribution is 5.60. The van der Waals surface area contributed by atoms with Crippen molar-refractivity contribution >= 4 is 0 Å². The van der Waals surface area contributed by atoms with Crippen molar-refractivity contribution in [1.82, 2.24) is 4.57 Å². The van der Waals surface area contributed by atoms with Gasteiger partial charge >= 0.3 is 12.4 Å². The molecular weight excluding hydrogens is 518 g/mol. The lowest BCUT2D eigenvalue weighted by Crippen LogP contribution is -2.21. The third kappa shape index (κ3) is 4.11. The second-order valence-corrected chi connectivity index (χ2v) is 9.50. The van der Waals surface area contributed by atoms with Gasteiger partial charge in [-0.15, -0.1) is 0 Å². The molecule has 0 spiro atoms. The fraction of sp³-hybridized carbons (Fsp3) is 0.346. The number of rotatable bonds is 5. The van der Waals surface area contributed by atoms with Crippen LogP contribution in [0.5, 0.6) is 17.5 Å². The van der Waals surface area contributed by atoms with Crippen molar-refractivity contribution in [1.29, 1.82) is 5.26 Å². The Balaban J connectivity index is 1.38. The summed E-state index contributed by atoms with van der Waals surface area (Å²) < 4.78 is 91.2. The molecule has 1 aromatic heterocycles. The maximum absolute atomic E-state index is 13.5. The number of nitrogens with zero attached hydrogens (tertiary/aromatic N) is 2. The molecule has 38 heavy (non-hydrogen) atoms. The zero-order valence-electron chi connectivity index (χ0n) is 19.7. The molecule has 5 rings (SSSR count). The Bertz CT molecular complexity index is 1440. The number of alkyl halides is 6. The average molecular weight is 538 g/mol. The second kappa shape index (κ2) is 8.59. The van der Waals surface area contributed by atoms with E-state index in [4.69, 9.17) is 14.7 Å². The monoisotopic (exact) mass is 538 g/mol. The summed E-state index contributed by atoms with van der Waals surface area (Å²) in [6, 6.07) is 8.61. The quantitative estimate of drug-likeness (QED) is 0.359. The maximum Gasteiger partial charge on any atom is 0.417 e. The van der Waals surface area contributed by atoms with E-state index in [-0.39, 0.29) is 35.1 Å². The van der Waals surface area contributed by atoms with E-state index in [1.807, 2.05) is 0 Å². The molecule has 3 unspecified atom stereocenters. The molecule has 1 saturated heterocycles. The van der Waals surface area contributed by atoms with Crippen LogP contribution in [-0.4, -0.2) is 21.4 Å². The first-order valence-electron chi connectivity index (χ1n) is 11.5. The topological polar surface area (TPSA) is 87.6 Å². The fourth-order valence-corrected chi connectivity index (χ4v) is 5.41. The summed E-state index contributed by atoms with van der Waals surface area (Å²) in [7, 11) is 0. The summed E-state index contributed by atoms with van der Waals surface area (Å²) in [5.41, 5.74) is -3.25. The summed E-state index contributed by atoms with van der Waals surface area (Å²) in [5.74, 6) is -0.881. The zero-order valence-corrected chi connectivity index (χ0v) is 19.7. The fourth-order valence-electron chi connectivity index (χ4n) is 5.41. The molecule has 0 radical (unpaired) electrons. The highest BCUT2D eigenvalue weighted by Gasteiger charge is 2.57. The normalized spacial score (nSPS) is 22.4. The van der Waals surface area contributed by atoms with Gasteiger partial charge in [-0.3, -0.25) is 4.57 Å². The number of nitriles is 1. The van der Waals surface area contributed by atoms with E-state index in [0.717, 1.165) is 22.8 Å². The summed E-state index contributed by atoms with van der Waals surface area (Å²) in [5, 5.41) is 31.0. The maximum atomic E-state index is 13.5. The second-order valence-electron chi connectivity index (χ2n) is 9.50. The molecule has 2 bridgehead atoms. The van der Waals surface area contributed by atoms with E-state index >= 15 is 0 Å². The number of aromatic nitrogens is 1. The van der Waals surface area contributed by atoms with Crippen LogP contribution in [0.4, 0.5) is 26.3 Å². The van der Waals surface area contributed by atoms with Gasteiger partial charge in [-0.25, -0.2) is 0 Å². The molecule has 1 fully saturated rings. The molecular formula is C26H20F6N2O4. The van der Waals surface area contributed by atoms with Gasteiger partial charge in [0.25, 0.3) is 0 Å². The molecule has 12 heteroatoms. The van der Waals surface area contributed by atoms with Crippen LogP contribution < -0.4 is 4.74 Å². The lowest BCUT2D eigenvalue weighted by Gasteiger charge is -2.23. The van der Waals surface area contributed by atoms with Crippen LogP contribution in [-0.2, 0) is 22.7 Å². The highest BCUT2D eigenvalue weighted by Crippen LogP contribution is 2.64.